The normalized spacial score (nSPS) is 11.5. The Morgan fingerprint density at radius 3 is 2.42 bits per heavy atom. The number of nitrogens with two attached hydrogens (primary N) is 1. The second-order valence-corrected chi connectivity index (χ2v) is 8.28. The smallest absolute Gasteiger partial charge is 0.262 e. The summed E-state index contributed by atoms with van der Waals surface area (Å²) in [6, 6.07) is 11.2. The van der Waals surface area contributed by atoms with E-state index >= 15 is 0 Å². The molecule has 0 amide bonds. The van der Waals surface area contributed by atoms with Crippen LogP contribution in [-0.2, 0) is 21.3 Å². The van der Waals surface area contributed by atoms with Crippen LogP contribution in [0.2, 0.25) is 0 Å². The lowest BCUT2D eigenvalue weighted by Crippen LogP contribution is -2.82. The van der Waals surface area contributed by atoms with Crippen LogP contribution < -0.4 is 10.0 Å². The Balaban J connectivity index is 2.14. The molecule has 2 rings (SSSR count). The zero-order valence-electron chi connectivity index (χ0n) is 16.0. The quantitative estimate of drug-likeness (QED) is 0.660. The minimum Gasteiger partial charge on any atom is -0.384 e. The Kier molecular flexibility index (Phi) is 7.20. The van der Waals surface area contributed by atoms with E-state index in [2.05, 4.69) is 10.0 Å². The predicted molar refractivity (Wildman–Crippen MR) is 105 cm³/mol. The summed E-state index contributed by atoms with van der Waals surface area (Å²) in [5.41, 5.74) is 4.51. The van der Waals surface area contributed by atoms with Gasteiger partial charge >= 0.3 is 0 Å². The van der Waals surface area contributed by atoms with Gasteiger partial charge in [0.1, 0.15) is 6.54 Å². The van der Waals surface area contributed by atoms with Crippen LogP contribution in [0.4, 0.5) is 5.69 Å². The molecule has 0 saturated heterocycles. The van der Waals surface area contributed by atoms with Crippen LogP contribution in [0.25, 0.3) is 0 Å². The number of anilines is 1. The van der Waals surface area contributed by atoms with Crippen molar-refractivity contribution in [2.24, 2.45) is 0 Å². The topological polar surface area (TPSA) is 72.0 Å². The number of rotatable bonds is 9. The Morgan fingerprint density at radius 1 is 1.00 bits per heavy atom. The molecule has 0 fully saturated rings. The second-order valence-electron chi connectivity index (χ2n) is 6.63. The predicted octanol–water partition coefficient (Wildman–Crippen LogP) is 2.51. The lowest BCUT2D eigenvalue weighted by atomic mass is 10.1. The highest BCUT2D eigenvalue weighted by Gasteiger charge is 2.18. The van der Waals surface area contributed by atoms with Crippen molar-refractivity contribution in [3.8, 4) is 0 Å². The standard InChI is InChI=1S/C20H28N2O3S/c1-15-7-9-19(12-17(15)3)22-26(23,24)20-13-18(8-6-16(20)2)14-21-10-5-11-25-4/h6-9,12-13,21-22H,5,10-11,14H2,1-4H3/p+1. The van der Waals surface area contributed by atoms with Gasteiger partial charge in [0.15, 0.2) is 0 Å². The molecular formula is C20H29N2O3S+. The van der Waals surface area contributed by atoms with E-state index in [1.54, 1.807) is 19.2 Å². The molecule has 0 spiro atoms. The van der Waals surface area contributed by atoms with Crippen LogP contribution in [0.3, 0.4) is 0 Å². The van der Waals surface area contributed by atoms with E-state index in [9.17, 15) is 8.42 Å². The van der Waals surface area contributed by atoms with E-state index in [0.717, 1.165) is 48.4 Å². The van der Waals surface area contributed by atoms with Crippen LogP contribution in [0.5, 0.6) is 0 Å². The van der Waals surface area contributed by atoms with Gasteiger partial charge in [-0.25, -0.2) is 8.42 Å². The van der Waals surface area contributed by atoms with E-state index in [1.807, 2.05) is 45.0 Å². The van der Waals surface area contributed by atoms with Crippen molar-refractivity contribution < 1.29 is 18.5 Å². The average molecular weight is 378 g/mol. The van der Waals surface area contributed by atoms with E-state index < -0.39 is 10.0 Å². The molecule has 0 aliphatic heterocycles. The van der Waals surface area contributed by atoms with E-state index in [-0.39, 0.29) is 0 Å². The summed E-state index contributed by atoms with van der Waals surface area (Å²) in [5.74, 6) is 0. The summed E-state index contributed by atoms with van der Waals surface area (Å²) >= 11 is 0. The van der Waals surface area contributed by atoms with E-state index in [0.29, 0.717) is 10.6 Å². The zero-order chi connectivity index (χ0) is 19.2. The molecule has 142 valence electrons. The van der Waals surface area contributed by atoms with Gasteiger partial charge in [0.2, 0.25) is 0 Å². The maximum atomic E-state index is 12.8. The molecule has 2 aromatic rings. The number of benzene rings is 2. The first-order chi connectivity index (χ1) is 12.3. The zero-order valence-corrected chi connectivity index (χ0v) is 16.8. The number of nitrogens with one attached hydrogen (secondary N) is 1. The number of aryl methyl sites for hydroxylation is 3. The molecule has 0 aromatic heterocycles. The van der Waals surface area contributed by atoms with Crippen LogP contribution in [-0.4, -0.2) is 28.7 Å². The average Bonchev–Trinajstić information content (AvgIpc) is 2.59. The summed E-state index contributed by atoms with van der Waals surface area (Å²) in [6.07, 6.45) is 0.974. The molecule has 0 aliphatic rings. The van der Waals surface area contributed by atoms with Gasteiger partial charge in [-0.2, -0.15) is 0 Å². The minimum absolute atomic E-state index is 0.332. The summed E-state index contributed by atoms with van der Waals surface area (Å²) in [4.78, 5) is 0.332. The highest BCUT2D eigenvalue weighted by Crippen LogP contribution is 2.22. The van der Waals surface area contributed by atoms with Crippen LogP contribution >= 0.6 is 0 Å². The lowest BCUT2D eigenvalue weighted by molar-refractivity contribution is -0.671. The van der Waals surface area contributed by atoms with Crippen LogP contribution in [0, 0.1) is 20.8 Å². The Labute approximate surface area is 156 Å². The third-order valence-corrected chi connectivity index (χ3v) is 5.96. The molecule has 26 heavy (non-hydrogen) atoms. The Hall–Kier alpha value is -1.89. The highest BCUT2D eigenvalue weighted by molar-refractivity contribution is 7.92. The molecule has 3 N–H and O–H groups in total. The fourth-order valence-electron chi connectivity index (χ4n) is 2.72. The van der Waals surface area contributed by atoms with Crippen molar-refractivity contribution in [1.29, 1.82) is 0 Å². The lowest BCUT2D eigenvalue weighted by Gasteiger charge is -2.13. The number of ether oxygens (including phenoxy) is 1. The molecule has 2 aromatic carbocycles. The molecule has 0 aliphatic carbocycles. The highest BCUT2D eigenvalue weighted by atomic mass is 32.2. The number of quaternary nitrogens is 1. The van der Waals surface area contributed by atoms with Crippen LogP contribution in [0.1, 0.15) is 28.7 Å². The summed E-state index contributed by atoms with van der Waals surface area (Å²) in [6.45, 7) is 8.23. The third-order valence-electron chi connectivity index (χ3n) is 4.44. The van der Waals surface area contributed by atoms with Gasteiger partial charge in [0.25, 0.3) is 10.0 Å². The van der Waals surface area contributed by atoms with Gasteiger partial charge in [0.05, 0.1) is 18.0 Å². The largest absolute Gasteiger partial charge is 0.384 e. The Bertz CT molecular complexity index is 848. The number of hydrogen-bond donors (Lipinski definition) is 2. The van der Waals surface area contributed by atoms with Crippen LogP contribution in [0.15, 0.2) is 41.3 Å². The maximum Gasteiger partial charge on any atom is 0.262 e. The summed E-state index contributed by atoms with van der Waals surface area (Å²) in [5, 5.41) is 2.16. The molecule has 5 nitrogen and oxygen atoms in total. The minimum atomic E-state index is -3.62. The number of sulfonamides is 1. The van der Waals surface area contributed by atoms with Gasteiger partial charge in [-0.3, -0.25) is 4.72 Å². The van der Waals surface area contributed by atoms with Crippen molar-refractivity contribution in [3.63, 3.8) is 0 Å². The molecule has 0 saturated carbocycles. The van der Waals surface area contributed by atoms with Crippen molar-refractivity contribution in [2.45, 2.75) is 38.6 Å². The second kappa shape index (κ2) is 9.16. The summed E-state index contributed by atoms with van der Waals surface area (Å²) in [7, 11) is -1.93. The number of methoxy groups -OCH3 is 1. The first-order valence-electron chi connectivity index (χ1n) is 8.83. The molecule has 0 unspecified atom stereocenters. The third kappa shape index (κ3) is 5.56. The van der Waals surface area contributed by atoms with Gasteiger partial charge < -0.3 is 10.1 Å². The molecule has 0 bridgehead atoms. The summed E-state index contributed by atoms with van der Waals surface area (Å²) < 4.78 is 33.4. The fraction of sp³-hybridized carbons (Fsp3) is 0.400. The van der Waals surface area contributed by atoms with Crippen molar-refractivity contribution >= 4 is 15.7 Å². The Morgan fingerprint density at radius 2 is 1.73 bits per heavy atom. The molecular weight excluding hydrogens is 348 g/mol. The van der Waals surface area contributed by atoms with E-state index in [1.165, 1.54) is 0 Å². The molecule has 0 atom stereocenters. The van der Waals surface area contributed by atoms with E-state index in [4.69, 9.17) is 4.74 Å². The SMILES string of the molecule is COCCC[NH2+]Cc1ccc(C)c(S(=O)(=O)Nc2ccc(C)c(C)c2)c1. The van der Waals surface area contributed by atoms with Gasteiger partial charge in [-0.15, -0.1) is 0 Å². The van der Waals surface area contributed by atoms with Crippen molar-refractivity contribution in [3.05, 3.63) is 58.7 Å². The van der Waals surface area contributed by atoms with Gasteiger partial charge in [-0.1, -0.05) is 18.2 Å². The van der Waals surface area contributed by atoms with Gasteiger partial charge in [0, 0.05) is 24.8 Å². The molecule has 0 heterocycles. The first-order valence-corrected chi connectivity index (χ1v) is 10.3. The molecule has 6 heteroatoms. The van der Waals surface area contributed by atoms with Crippen molar-refractivity contribution in [1.82, 2.24) is 0 Å². The van der Waals surface area contributed by atoms with Gasteiger partial charge in [-0.05, 0) is 55.7 Å². The van der Waals surface area contributed by atoms with Crippen molar-refractivity contribution in [2.75, 3.05) is 25.0 Å². The fourth-order valence-corrected chi connectivity index (χ4v) is 4.06. The maximum absolute atomic E-state index is 12.8. The molecule has 0 radical (unpaired) electrons. The monoisotopic (exact) mass is 377 g/mol. The first kappa shape index (κ1) is 20.4. The number of hydrogen-bond acceptors (Lipinski definition) is 3.